The fraction of sp³-hybridized carbons (Fsp3) is 0.611. The van der Waals surface area contributed by atoms with Gasteiger partial charge < -0.3 is 10.6 Å². The molecule has 114 valence electrons. The van der Waals surface area contributed by atoms with Crippen LogP contribution in [-0.4, -0.2) is 25.0 Å². The summed E-state index contributed by atoms with van der Waals surface area (Å²) in [6.07, 6.45) is 3.28. The molecule has 1 amide bonds. The van der Waals surface area contributed by atoms with Crippen molar-refractivity contribution in [3.63, 3.8) is 0 Å². The summed E-state index contributed by atoms with van der Waals surface area (Å²) in [5, 5.41) is 6.55. The minimum Gasteiger partial charge on any atom is -0.352 e. The van der Waals surface area contributed by atoms with Crippen LogP contribution in [0.4, 0.5) is 0 Å². The van der Waals surface area contributed by atoms with Crippen molar-refractivity contribution in [3.8, 4) is 0 Å². The van der Waals surface area contributed by atoms with Gasteiger partial charge in [0.15, 0.2) is 0 Å². The number of hydrogen-bond donors (Lipinski definition) is 2. The normalized spacial score (nSPS) is 28.4. The van der Waals surface area contributed by atoms with Crippen molar-refractivity contribution in [1.82, 2.24) is 10.6 Å². The van der Waals surface area contributed by atoms with E-state index in [2.05, 4.69) is 48.7 Å². The molecule has 2 N–H and O–H groups in total. The average Bonchev–Trinajstić information content (AvgIpc) is 3.29. The van der Waals surface area contributed by atoms with Crippen LogP contribution in [-0.2, 0) is 4.79 Å². The van der Waals surface area contributed by atoms with Gasteiger partial charge in [-0.3, -0.25) is 4.79 Å². The molecule has 0 radical (unpaired) electrons. The highest BCUT2D eigenvalue weighted by Crippen LogP contribution is 2.47. The number of piperidine rings is 1. The van der Waals surface area contributed by atoms with Crippen molar-refractivity contribution < 1.29 is 4.79 Å². The summed E-state index contributed by atoms with van der Waals surface area (Å²) in [5.74, 6) is 1.44. The summed E-state index contributed by atoms with van der Waals surface area (Å²) in [4.78, 5) is 12.3. The maximum Gasteiger partial charge on any atom is 0.224 e. The number of carbonyl (C=O) groups is 1. The van der Waals surface area contributed by atoms with E-state index >= 15 is 0 Å². The summed E-state index contributed by atoms with van der Waals surface area (Å²) in [6.45, 7) is 6.42. The highest BCUT2D eigenvalue weighted by molar-refractivity contribution is 5.83. The van der Waals surface area contributed by atoms with Crippen molar-refractivity contribution in [2.24, 2.45) is 5.92 Å². The second kappa shape index (κ2) is 6.18. The Kier molecular flexibility index (Phi) is 4.29. The van der Waals surface area contributed by atoms with Gasteiger partial charge in [-0.25, -0.2) is 0 Å². The van der Waals surface area contributed by atoms with E-state index in [4.69, 9.17) is 0 Å². The lowest BCUT2D eigenvalue weighted by Crippen LogP contribution is -2.46. The number of amides is 1. The molecule has 3 nitrogen and oxygen atoms in total. The van der Waals surface area contributed by atoms with E-state index in [0.29, 0.717) is 17.9 Å². The first-order valence-corrected chi connectivity index (χ1v) is 8.26. The molecule has 1 aliphatic carbocycles. The number of carbonyl (C=O) groups excluding carboxylic acids is 1. The number of nitrogens with one attached hydrogen (secondary N) is 2. The van der Waals surface area contributed by atoms with Gasteiger partial charge in [-0.2, -0.15) is 0 Å². The Morgan fingerprint density at radius 3 is 2.67 bits per heavy atom. The van der Waals surface area contributed by atoms with Crippen molar-refractivity contribution in [2.45, 2.75) is 51.0 Å². The minimum absolute atomic E-state index is 0.192. The van der Waals surface area contributed by atoms with E-state index in [1.165, 1.54) is 11.1 Å². The zero-order valence-corrected chi connectivity index (χ0v) is 13.1. The zero-order valence-electron chi connectivity index (χ0n) is 13.1. The lowest BCUT2D eigenvalue weighted by molar-refractivity contribution is -0.123. The molecule has 0 spiro atoms. The highest BCUT2D eigenvalue weighted by Gasteiger charge is 2.44. The summed E-state index contributed by atoms with van der Waals surface area (Å²) in [7, 11) is 0. The van der Waals surface area contributed by atoms with Gasteiger partial charge >= 0.3 is 0 Å². The largest absolute Gasteiger partial charge is 0.352 e. The van der Waals surface area contributed by atoms with Crippen LogP contribution in [0.1, 0.15) is 56.1 Å². The summed E-state index contributed by atoms with van der Waals surface area (Å²) >= 11 is 0. The van der Waals surface area contributed by atoms with Gasteiger partial charge in [0.05, 0.1) is 0 Å². The molecule has 0 aromatic heterocycles. The van der Waals surface area contributed by atoms with E-state index in [0.717, 1.165) is 32.4 Å². The quantitative estimate of drug-likeness (QED) is 0.893. The molecular weight excluding hydrogens is 260 g/mol. The molecule has 1 saturated heterocycles. The molecule has 2 unspecified atom stereocenters. The fourth-order valence-corrected chi connectivity index (χ4v) is 3.26. The second-order valence-corrected chi connectivity index (χ2v) is 6.82. The van der Waals surface area contributed by atoms with Gasteiger partial charge in [0.25, 0.3) is 0 Å². The van der Waals surface area contributed by atoms with Gasteiger partial charge in [0.2, 0.25) is 5.91 Å². The van der Waals surface area contributed by atoms with E-state index in [1.54, 1.807) is 0 Å². The molecule has 3 atom stereocenters. The maximum atomic E-state index is 12.3. The average molecular weight is 286 g/mol. The van der Waals surface area contributed by atoms with Crippen LogP contribution in [0.15, 0.2) is 24.3 Å². The third-order valence-electron chi connectivity index (χ3n) is 4.80. The van der Waals surface area contributed by atoms with Crippen LogP contribution in [0, 0.1) is 5.92 Å². The first kappa shape index (κ1) is 14.6. The Bertz CT molecular complexity index is 488. The smallest absolute Gasteiger partial charge is 0.224 e. The van der Waals surface area contributed by atoms with Gasteiger partial charge in [-0.15, -0.1) is 0 Å². The standard InChI is InChI=1S/C18H26N2O/c1-12(2)13-5-7-14(8-6-13)16-10-17(16)18(21)20-15-4-3-9-19-11-15/h5-8,12,15-17,19H,3-4,9-11H2,1-2H3,(H,20,21)/t15-,16?,17?/m0/s1. The van der Waals surface area contributed by atoms with E-state index in [1.807, 2.05) is 0 Å². The molecule has 1 saturated carbocycles. The molecule has 21 heavy (non-hydrogen) atoms. The van der Waals surface area contributed by atoms with Crippen LogP contribution in [0.2, 0.25) is 0 Å². The Labute approximate surface area is 127 Å². The van der Waals surface area contributed by atoms with Crippen LogP contribution in [0.25, 0.3) is 0 Å². The molecule has 1 aromatic rings. The molecular formula is C18H26N2O. The molecule has 1 aromatic carbocycles. The number of hydrogen-bond acceptors (Lipinski definition) is 2. The predicted octanol–water partition coefficient (Wildman–Crippen LogP) is 2.78. The van der Waals surface area contributed by atoms with Crippen LogP contribution in [0.5, 0.6) is 0 Å². The van der Waals surface area contributed by atoms with E-state index in [9.17, 15) is 4.79 Å². The van der Waals surface area contributed by atoms with Gasteiger partial charge in [0, 0.05) is 18.5 Å². The van der Waals surface area contributed by atoms with Crippen LogP contribution >= 0.6 is 0 Å². The van der Waals surface area contributed by atoms with Crippen molar-refractivity contribution in [2.75, 3.05) is 13.1 Å². The third kappa shape index (κ3) is 3.46. The topological polar surface area (TPSA) is 41.1 Å². The molecule has 0 bridgehead atoms. The van der Waals surface area contributed by atoms with Crippen LogP contribution in [0.3, 0.4) is 0 Å². The summed E-state index contributed by atoms with van der Waals surface area (Å²) in [5.41, 5.74) is 2.69. The van der Waals surface area contributed by atoms with E-state index in [-0.39, 0.29) is 11.8 Å². The second-order valence-electron chi connectivity index (χ2n) is 6.82. The van der Waals surface area contributed by atoms with Gasteiger partial charge in [-0.1, -0.05) is 38.1 Å². The third-order valence-corrected chi connectivity index (χ3v) is 4.80. The first-order chi connectivity index (χ1) is 10.1. The van der Waals surface area contributed by atoms with Crippen LogP contribution < -0.4 is 10.6 Å². The van der Waals surface area contributed by atoms with Gasteiger partial charge in [0.1, 0.15) is 0 Å². The monoisotopic (exact) mass is 286 g/mol. The zero-order chi connectivity index (χ0) is 14.8. The molecule has 1 heterocycles. The fourth-order valence-electron chi connectivity index (χ4n) is 3.26. The lowest BCUT2D eigenvalue weighted by atomic mass is 10.00. The summed E-state index contributed by atoms with van der Waals surface area (Å²) < 4.78 is 0. The molecule has 1 aliphatic heterocycles. The molecule has 3 heteroatoms. The number of benzene rings is 1. The summed E-state index contributed by atoms with van der Waals surface area (Å²) in [6, 6.07) is 9.15. The molecule has 2 fully saturated rings. The van der Waals surface area contributed by atoms with Gasteiger partial charge in [-0.05, 0) is 48.8 Å². The lowest BCUT2D eigenvalue weighted by Gasteiger charge is -2.23. The SMILES string of the molecule is CC(C)c1ccc(C2CC2C(=O)N[C@H]2CCCNC2)cc1. The van der Waals surface area contributed by atoms with Crippen molar-refractivity contribution in [3.05, 3.63) is 35.4 Å². The Balaban J connectivity index is 1.54. The molecule has 2 aliphatic rings. The minimum atomic E-state index is 0.192. The number of rotatable bonds is 4. The Morgan fingerprint density at radius 2 is 2.05 bits per heavy atom. The van der Waals surface area contributed by atoms with Crippen molar-refractivity contribution in [1.29, 1.82) is 0 Å². The van der Waals surface area contributed by atoms with Crippen molar-refractivity contribution >= 4 is 5.91 Å². The maximum absolute atomic E-state index is 12.3. The first-order valence-electron chi connectivity index (χ1n) is 8.26. The predicted molar refractivity (Wildman–Crippen MR) is 85.4 cm³/mol. The highest BCUT2D eigenvalue weighted by atomic mass is 16.2. The molecule has 3 rings (SSSR count). The Hall–Kier alpha value is -1.35. The van der Waals surface area contributed by atoms with E-state index < -0.39 is 0 Å². The Morgan fingerprint density at radius 1 is 1.29 bits per heavy atom.